The van der Waals surface area contributed by atoms with Gasteiger partial charge in [0.2, 0.25) is 12.6 Å². The van der Waals surface area contributed by atoms with Gasteiger partial charge in [-0.2, -0.15) is 10.5 Å². The van der Waals surface area contributed by atoms with Crippen molar-refractivity contribution in [2.24, 2.45) is 0 Å². The molecule has 0 saturated heterocycles. The second-order valence-electron chi connectivity index (χ2n) is 6.45. The van der Waals surface area contributed by atoms with E-state index in [1.807, 2.05) is 12.1 Å². The summed E-state index contributed by atoms with van der Waals surface area (Å²) in [6.07, 6.45) is 1.59. The number of carbonyl (C=O) groups excluding carboxylic acids is 1. The fourth-order valence-electron chi connectivity index (χ4n) is 3.20. The van der Waals surface area contributed by atoms with Crippen LogP contribution in [0.2, 0.25) is 0 Å². The van der Waals surface area contributed by atoms with Gasteiger partial charge in [0.15, 0.2) is 17.3 Å². The molecule has 0 radical (unpaired) electrons. The van der Waals surface area contributed by atoms with E-state index in [4.69, 9.17) is 24.7 Å². The minimum atomic E-state index is -0.314. The van der Waals surface area contributed by atoms with Crippen molar-refractivity contribution < 1.29 is 24.1 Å². The number of ketones is 1. The largest absolute Gasteiger partial charge is 0.507 e. The number of hydrogen-bond donors (Lipinski definition) is 1. The first-order valence-electron chi connectivity index (χ1n) is 8.75. The Bertz CT molecular complexity index is 1090. The fraction of sp³-hybridized carbons (Fsp3) is 0.190. The Morgan fingerprint density at radius 3 is 2.62 bits per heavy atom. The van der Waals surface area contributed by atoms with Gasteiger partial charge in [-0.3, -0.25) is 9.69 Å². The van der Waals surface area contributed by atoms with Gasteiger partial charge < -0.3 is 19.3 Å². The van der Waals surface area contributed by atoms with Crippen molar-refractivity contribution in [2.45, 2.75) is 6.54 Å². The lowest BCUT2D eigenvalue weighted by atomic mass is 10.0. The molecule has 0 spiro atoms. The van der Waals surface area contributed by atoms with Crippen molar-refractivity contribution in [3.05, 3.63) is 52.8 Å². The van der Waals surface area contributed by atoms with Gasteiger partial charge in [-0.25, -0.2) is 0 Å². The van der Waals surface area contributed by atoms with Crippen molar-refractivity contribution in [3.63, 3.8) is 0 Å². The lowest BCUT2D eigenvalue weighted by Crippen LogP contribution is -2.24. The topological polar surface area (TPSA) is 116 Å². The number of fused-ring (bicyclic) bond motifs is 2. The lowest BCUT2D eigenvalue weighted by Gasteiger charge is -2.17. The molecule has 0 atom stereocenters. The second-order valence-corrected chi connectivity index (χ2v) is 6.45. The number of Topliss-reactive ketones (excluding diaryl/α,β-unsaturated/α-hetero) is 1. The number of ether oxygens (including phenoxy) is 3. The zero-order valence-electron chi connectivity index (χ0n) is 15.2. The Labute approximate surface area is 166 Å². The van der Waals surface area contributed by atoms with Crippen LogP contribution in [-0.4, -0.2) is 35.7 Å². The Morgan fingerprint density at radius 1 is 1.10 bits per heavy atom. The summed E-state index contributed by atoms with van der Waals surface area (Å²) in [6.45, 7) is 0.260. The van der Waals surface area contributed by atoms with E-state index in [-0.39, 0.29) is 49.5 Å². The average molecular weight is 389 g/mol. The van der Waals surface area contributed by atoms with E-state index in [1.165, 1.54) is 12.1 Å². The highest BCUT2D eigenvalue weighted by atomic mass is 16.7. The highest BCUT2D eigenvalue weighted by Gasteiger charge is 2.31. The summed E-state index contributed by atoms with van der Waals surface area (Å²) < 4.78 is 16.4. The molecule has 2 aliphatic rings. The summed E-state index contributed by atoms with van der Waals surface area (Å²) in [6, 6.07) is 12.1. The van der Waals surface area contributed by atoms with Crippen LogP contribution in [0.5, 0.6) is 23.0 Å². The third-order valence-electron chi connectivity index (χ3n) is 4.58. The summed E-state index contributed by atoms with van der Waals surface area (Å²) in [7, 11) is 0. The van der Waals surface area contributed by atoms with Gasteiger partial charge in [0.05, 0.1) is 36.4 Å². The van der Waals surface area contributed by atoms with Crippen LogP contribution in [0.15, 0.2) is 36.1 Å². The molecule has 8 heteroatoms. The number of benzene rings is 2. The number of hydrogen-bond acceptors (Lipinski definition) is 8. The zero-order chi connectivity index (χ0) is 20.4. The van der Waals surface area contributed by atoms with Crippen LogP contribution in [-0.2, 0) is 6.54 Å². The molecule has 4 rings (SSSR count). The van der Waals surface area contributed by atoms with E-state index in [1.54, 1.807) is 29.2 Å². The van der Waals surface area contributed by atoms with Crippen molar-refractivity contribution >= 4 is 11.9 Å². The molecule has 0 saturated carbocycles. The first-order chi connectivity index (χ1) is 14.1. The van der Waals surface area contributed by atoms with Crippen molar-refractivity contribution in [1.29, 1.82) is 10.5 Å². The normalized spacial score (nSPS) is 15.1. The first-order valence-corrected chi connectivity index (χ1v) is 8.75. The number of allylic oxidation sites excluding steroid dienone is 1. The van der Waals surface area contributed by atoms with E-state index in [2.05, 4.69) is 0 Å². The number of nitriles is 2. The lowest BCUT2D eigenvalue weighted by molar-refractivity contribution is 0.101. The molecule has 0 amide bonds. The number of carbonyl (C=O) groups is 1. The van der Waals surface area contributed by atoms with Crippen LogP contribution < -0.4 is 14.2 Å². The van der Waals surface area contributed by atoms with Gasteiger partial charge in [-0.15, -0.1) is 0 Å². The first kappa shape index (κ1) is 18.4. The quantitative estimate of drug-likeness (QED) is 0.613. The van der Waals surface area contributed by atoms with Gasteiger partial charge in [-0.1, -0.05) is 6.07 Å². The molecule has 0 aliphatic carbocycles. The second kappa shape index (κ2) is 7.55. The number of phenolic OH excluding ortho intramolecular Hbond substituents is 1. The maximum Gasteiger partial charge on any atom is 0.231 e. The van der Waals surface area contributed by atoms with Gasteiger partial charge >= 0.3 is 0 Å². The maximum absolute atomic E-state index is 12.8. The van der Waals surface area contributed by atoms with Crippen LogP contribution in [0.1, 0.15) is 21.5 Å². The predicted molar refractivity (Wildman–Crippen MR) is 100 cm³/mol. The highest BCUT2D eigenvalue weighted by Crippen LogP contribution is 2.40. The maximum atomic E-state index is 12.8. The number of phenols is 1. The van der Waals surface area contributed by atoms with E-state index in [9.17, 15) is 9.90 Å². The summed E-state index contributed by atoms with van der Waals surface area (Å²) in [5.74, 6) is 1.19. The van der Waals surface area contributed by atoms with E-state index >= 15 is 0 Å². The zero-order valence-corrected chi connectivity index (χ0v) is 15.2. The number of aromatic hydroxyl groups is 1. The molecule has 2 aromatic carbocycles. The van der Waals surface area contributed by atoms with Crippen LogP contribution in [0, 0.1) is 22.7 Å². The van der Waals surface area contributed by atoms with E-state index in [0.29, 0.717) is 28.2 Å². The summed E-state index contributed by atoms with van der Waals surface area (Å²) >= 11 is 0. The molecule has 2 aliphatic heterocycles. The van der Waals surface area contributed by atoms with E-state index < -0.39 is 0 Å². The van der Waals surface area contributed by atoms with Crippen molar-refractivity contribution in [2.75, 3.05) is 19.9 Å². The van der Waals surface area contributed by atoms with Crippen LogP contribution in [0.25, 0.3) is 6.08 Å². The Morgan fingerprint density at radius 2 is 1.86 bits per heavy atom. The molecule has 0 bridgehead atoms. The summed E-state index contributed by atoms with van der Waals surface area (Å²) in [4.78, 5) is 14.3. The molecule has 8 nitrogen and oxygen atoms in total. The monoisotopic (exact) mass is 389 g/mol. The van der Waals surface area contributed by atoms with Crippen molar-refractivity contribution in [3.8, 4) is 35.1 Å². The molecule has 0 aromatic heterocycles. The molecule has 2 aromatic rings. The Hall–Kier alpha value is -4.01. The highest BCUT2D eigenvalue weighted by molar-refractivity contribution is 6.15. The molecule has 29 heavy (non-hydrogen) atoms. The summed E-state index contributed by atoms with van der Waals surface area (Å²) in [5, 5.41) is 28.2. The van der Waals surface area contributed by atoms with Crippen LogP contribution >= 0.6 is 0 Å². The van der Waals surface area contributed by atoms with Crippen molar-refractivity contribution in [1.82, 2.24) is 4.90 Å². The summed E-state index contributed by atoms with van der Waals surface area (Å²) in [5.41, 5.74) is 1.38. The van der Waals surface area contributed by atoms with Gasteiger partial charge in [0.1, 0.15) is 11.5 Å². The molecular formula is C21H15N3O5. The Balaban J connectivity index is 1.66. The Kier molecular flexibility index (Phi) is 4.78. The SMILES string of the molecule is N#CCN(CC#N)Cc1c(O)ccc2c1O/C(=C/c1ccc3c(c1)OCO3)C2=O. The third kappa shape index (κ3) is 3.45. The third-order valence-corrected chi connectivity index (χ3v) is 4.58. The standard InChI is InChI=1S/C21H15N3O5/c22-5-7-24(8-6-23)11-15-16(25)3-2-14-20(26)19(29-21(14)15)10-13-1-4-17-18(9-13)28-12-27-17/h1-4,9-10,25H,7-8,11-12H2/b19-10+. The number of rotatable bonds is 5. The van der Waals surface area contributed by atoms with E-state index in [0.717, 1.165) is 0 Å². The molecule has 0 unspecified atom stereocenters. The van der Waals surface area contributed by atoms with Gasteiger partial charge in [0.25, 0.3) is 0 Å². The molecule has 0 fully saturated rings. The minimum Gasteiger partial charge on any atom is -0.507 e. The van der Waals surface area contributed by atoms with Gasteiger partial charge in [-0.05, 0) is 35.9 Å². The molecule has 144 valence electrons. The van der Waals surface area contributed by atoms with Gasteiger partial charge in [0, 0.05) is 6.54 Å². The van der Waals surface area contributed by atoms with Crippen LogP contribution in [0.3, 0.4) is 0 Å². The van der Waals surface area contributed by atoms with Crippen LogP contribution in [0.4, 0.5) is 0 Å². The molecular weight excluding hydrogens is 374 g/mol. The fourth-order valence-corrected chi connectivity index (χ4v) is 3.20. The molecule has 1 N–H and O–H groups in total. The predicted octanol–water partition coefficient (Wildman–Crippen LogP) is 2.59. The smallest absolute Gasteiger partial charge is 0.231 e. The number of nitrogens with zero attached hydrogens (tertiary/aromatic N) is 3. The molecule has 2 heterocycles. The minimum absolute atomic E-state index is 0.00447. The average Bonchev–Trinajstić information content (AvgIpc) is 3.29.